The maximum absolute atomic E-state index is 13.6. The highest BCUT2D eigenvalue weighted by atomic mass is 16.2. The first kappa shape index (κ1) is 25.2. The van der Waals surface area contributed by atoms with Crippen LogP contribution in [0.4, 0.5) is 0 Å². The molecule has 1 atom stereocenters. The number of aryl methyl sites for hydroxylation is 2. The molecule has 0 spiro atoms. The molecule has 3 aromatic carbocycles. The van der Waals surface area contributed by atoms with Crippen LogP contribution in [0.2, 0.25) is 0 Å². The van der Waals surface area contributed by atoms with Crippen molar-refractivity contribution in [1.29, 1.82) is 0 Å². The van der Waals surface area contributed by atoms with Crippen molar-refractivity contribution in [2.24, 2.45) is 0 Å². The number of rotatable bonds is 10. The molecule has 0 saturated carbocycles. The van der Waals surface area contributed by atoms with E-state index >= 15 is 0 Å². The Kier molecular flexibility index (Phi) is 9.03. The summed E-state index contributed by atoms with van der Waals surface area (Å²) in [4.78, 5) is 28.3. The molecule has 0 radical (unpaired) electrons. The average Bonchev–Trinajstić information content (AvgIpc) is 2.85. The molecule has 0 aliphatic rings. The zero-order chi connectivity index (χ0) is 24.5. The molecule has 0 heterocycles. The monoisotopic (exact) mass is 456 g/mol. The van der Waals surface area contributed by atoms with Crippen molar-refractivity contribution in [3.63, 3.8) is 0 Å². The van der Waals surface area contributed by atoms with Crippen LogP contribution in [-0.4, -0.2) is 29.8 Å². The number of likely N-dealkylation sites (N-methyl/N-ethyl adjacent to an activating group) is 1. The van der Waals surface area contributed by atoms with E-state index in [9.17, 15) is 9.59 Å². The quantitative estimate of drug-likeness (QED) is 0.442. The second kappa shape index (κ2) is 12.2. The molecule has 0 aliphatic heterocycles. The van der Waals surface area contributed by atoms with E-state index in [1.165, 1.54) is 5.56 Å². The summed E-state index contributed by atoms with van der Waals surface area (Å²) in [6.45, 7) is 6.79. The summed E-state index contributed by atoms with van der Waals surface area (Å²) >= 11 is 0. The summed E-state index contributed by atoms with van der Waals surface area (Å²) in [5.74, 6) is 0.317. The van der Waals surface area contributed by atoms with Gasteiger partial charge in [-0.25, -0.2) is 0 Å². The lowest BCUT2D eigenvalue weighted by atomic mass is 9.99. The summed E-state index contributed by atoms with van der Waals surface area (Å²) in [7, 11) is 1.63. The summed E-state index contributed by atoms with van der Waals surface area (Å²) in [5.41, 5.74) is 5.61. The molecule has 3 rings (SSSR count). The fraction of sp³-hybridized carbons (Fsp3) is 0.333. The molecular formula is C30H36N2O2. The third-order valence-electron chi connectivity index (χ3n) is 6.23. The minimum absolute atomic E-state index is 0.0148. The third-order valence-corrected chi connectivity index (χ3v) is 6.23. The average molecular weight is 457 g/mol. The Balaban J connectivity index is 1.84. The smallest absolute Gasteiger partial charge is 0.242 e. The van der Waals surface area contributed by atoms with Gasteiger partial charge < -0.3 is 10.2 Å². The summed E-state index contributed by atoms with van der Waals surface area (Å²) in [6.07, 6.45) is 1.48. The molecule has 1 N–H and O–H groups in total. The van der Waals surface area contributed by atoms with E-state index in [1.54, 1.807) is 11.9 Å². The van der Waals surface area contributed by atoms with E-state index in [2.05, 4.69) is 49.5 Å². The van der Waals surface area contributed by atoms with E-state index in [-0.39, 0.29) is 11.8 Å². The van der Waals surface area contributed by atoms with Crippen molar-refractivity contribution in [2.45, 2.75) is 58.5 Å². The molecule has 4 nitrogen and oxygen atoms in total. The number of carbonyl (C=O) groups is 2. The Morgan fingerprint density at radius 3 is 2.15 bits per heavy atom. The second-order valence-corrected chi connectivity index (χ2v) is 9.23. The zero-order valence-corrected chi connectivity index (χ0v) is 20.8. The van der Waals surface area contributed by atoms with Crippen LogP contribution in [0.1, 0.15) is 54.0 Å². The molecule has 0 unspecified atom stereocenters. The van der Waals surface area contributed by atoms with Crippen LogP contribution in [0.3, 0.4) is 0 Å². The summed E-state index contributed by atoms with van der Waals surface area (Å²) in [5, 5.41) is 2.78. The zero-order valence-electron chi connectivity index (χ0n) is 20.8. The van der Waals surface area contributed by atoms with Crippen molar-refractivity contribution in [3.05, 3.63) is 107 Å². The lowest BCUT2D eigenvalue weighted by Gasteiger charge is -2.31. The molecule has 0 fully saturated rings. The van der Waals surface area contributed by atoms with Gasteiger partial charge in [-0.1, -0.05) is 98.3 Å². The second-order valence-electron chi connectivity index (χ2n) is 9.23. The minimum atomic E-state index is -0.580. The van der Waals surface area contributed by atoms with Crippen LogP contribution in [-0.2, 0) is 29.0 Å². The summed E-state index contributed by atoms with van der Waals surface area (Å²) < 4.78 is 0. The van der Waals surface area contributed by atoms with Crippen molar-refractivity contribution in [1.82, 2.24) is 10.2 Å². The van der Waals surface area contributed by atoms with Crippen molar-refractivity contribution >= 4 is 11.8 Å². The van der Waals surface area contributed by atoms with E-state index in [0.717, 1.165) is 22.3 Å². The van der Waals surface area contributed by atoms with Gasteiger partial charge in [0.05, 0.1) is 0 Å². The lowest BCUT2D eigenvalue weighted by molar-refractivity contribution is -0.141. The topological polar surface area (TPSA) is 49.4 Å². The van der Waals surface area contributed by atoms with E-state index in [1.807, 2.05) is 55.5 Å². The van der Waals surface area contributed by atoms with Gasteiger partial charge in [0.2, 0.25) is 11.8 Å². The van der Waals surface area contributed by atoms with E-state index < -0.39 is 6.04 Å². The molecular weight excluding hydrogens is 420 g/mol. The van der Waals surface area contributed by atoms with E-state index in [0.29, 0.717) is 31.7 Å². The maximum atomic E-state index is 13.6. The Labute approximate surface area is 204 Å². The number of carbonyl (C=O) groups excluding carboxylic acids is 2. The van der Waals surface area contributed by atoms with Crippen molar-refractivity contribution < 1.29 is 9.59 Å². The number of nitrogens with zero attached hydrogens (tertiary/aromatic N) is 1. The number of amides is 2. The Bertz CT molecular complexity index is 1070. The number of nitrogens with one attached hydrogen (secondary N) is 1. The Hall–Kier alpha value is -3.40. The third kappa shape index (κ3) is 7.05. The van der Waals surface area contributed by atoms with Crippen LogP contribution < -0.4 is 5.32 Å². The van der Waals surface area contributed by atoms with Crippen LogP contribution in [0, 0.1) is 6.92 Å². The Morgan fingerprint density at radius 1 is 0.853 bits per heavy atom. The molecule has 4 heteroatoms. The van der Waals surface area contributed by atoms with Crippen molar-refractivity contribution in [2.75, 3.05) is 7.05 Å². The highest BCUT2D eigenvalue weighted by Gasteiger charge is 2.29. The largest absolute Gasteiger partial charge is 0.357 e. The molecule has 0 aliphatic carbocycles. The van der Waals surface area contributed by atoms with E-state index in [4.69, 9.17) is 0 Å². The molecule has 34 heavy (non-hydrogen) atoms. The van der Waals surface area contributed by atoms with Gasteiger partial charge in [0.1, 0.15) is 6.04 Å². The highest BCUT2D eigenvalue weighted by Crippen LogP contribution is 2.19. The van der Waals surface area contributed by atoms with Gasteiger partial charge in [-0.15, -0.1) is 0 Å². The number of benzene rings is 3. The van der Waals surface area contributed by atoms with Crippen LogP contribution >= 0.6 is 0 Å². The molecule has 3 aromatic rings. The van der Waals surface area contributed by atoms with Gasteiger partial charge in [-0.2, -0.15) is 0 Å². The summed E-state index contributed by atoms with van der Waals surface area (Å²) in [6, 6.07) is 25.9. The van der Waals surface area contributed by atoms with Crippen LogP contribution in [0.5, 0.6) is 0 Å². The van der Waals surface area contributed by atoms with Gasteiger partial charge in [0, 0.05) is 26.4 Å². The van der Waals surface area contributed by atoms with Crippen molar-refractivity contribution in [3.8, 4) is 0 Å². The minimum Gasteiger partial charge on any atom is -0.357 e. The fourth-order valence-corrected chi connectivity index (χ4v) is 4.19. The number of hydrogen-bond acceptors (Lipinski definition) is 2. The number of hydrogen-bond donors (Lipinski definition) is 1. The predicted octanol–water partition coefficient (Wildman–Crippen LogP) is 5.44. The molecule has 0 saturated heterocycles. The first-order chi connectivity index (χ1) is 16.4. The van der Waals surface area contributed by atoms with Gasteiger partial charge >= 0.3 is 0 Å². The normalized spacial score (nSPS) is 11.8. The molecule has 0 bridgehead atoms. The Morgan fingerprint density at radius 2 is 1.53 bits per heavy atom. The SMILES string of the molecule is CNC(=O)[C@@H](Cc1ccccc1)N(Cc1cccc(C)c1)C(=O)CCc1ccc(C(C)C)cc1. The molecule has 2 amide bonds. The van der Waals surface area contributed by atoms with Crippen LogP contribution in [0.25, 0.3) is 0 Å². The van der Waals surface area contributed by atoms with Gasteiger partial charge in [-0.05, 0) is 41.5 Å². The predicted molar refractivity (Wildman–Crippen MR) is 139 cm³/mol. The fourth-order valence-electron chi connectivity index (χ4n) is 4.19. The van der Waals surface area contributed by atoms with Gasteiger partial charge in [0.15, 0.2) is 0 Å². The van der Waals surface area contributed by atoms with Crippen LogP contribution in [0.15, 0.2) is 78.9 Å². The standard InChI is InChI=1S/C30H36N2O2/c1-22(2)27-16-13-24(14-17-27)15-18-29(33)32(21-26-12-8-9-23(3)19-26)28(30(34)31-4)20-25-10-6-5-7-11-25/h5-14,16-17,19,22,28H,15,18,20-21H2,1-4H3,(H,31,34)/t28-/m1/s1. The lowest BCUT2D eigenvalue weighted by Crippen LogP contribution is -2.49. The molecule has 178 valence electrons. The maximum Gasteiger partial charge on any atom is 0.242 e. The van der Waals surface area contributed by atoms with Gasteiger partial charge in [-0.3, -0.25) is 9.59 Å². The van der Waals surface area contributed by atoms with Gasteiger partial charge in [0.25, 0.3) is 0 Å². The first-order valence-electron chi connectivity index (χ1n) is 12.1. The highest BCUT2D eigenvalue weighted by molar-refractivity contribution is 5.88. The first-order valence-corrected chi connectivity index (χ1v) is 12.1. The molecule has 0 aromatic heterocycles.